The van der Waals surface area contributed by atoms with Crippen LogP contribution in [0.5, 0.6) is 0 Å². The maximum atomic E-state index is 6.24. The van der Waals surface area contributed by atoms with Crippen molar-refractivity contribution in [1.29, 1.82) is 0 Å². The second-order valence-corrected chi connectivity index (χ2v) is 20.7. The molecule has 0 aromatic heterocycles. The summed E-state index contributed by atoms with van der Waals surface area (Å²) in [5, 5.41) is 0. The second-order valence-electron chi connectivity index (χ2n) is 19.8. The van der Waals surface area contributed by atoms with Crippen LogP contribution in [0.25, 0.3) is 44.5 Å². The Kier molecular flexibility index (Phi) is 18.5. The first-order chi connectivity index (χ1) is 29.3. The molecule has 0 N–H and O–H groups in total. The monoisotopic (exact) mass is 910 g/mol. The molecule has 0 amide bonds. The maximum absolute atomic E-state index is 6.24. The first-order valence-corrected chi connectivity index (χ1v) is 24.2. The minimum Gasteiger partial charge on any atom is -0.779 e. The van der Waals surface area contributed by atoms with Crippen molar-refractivity contribution >= 4 is 25.3 Å². The molecule has 63 heavy (non-hydrogen) atoms. The zero-order chi connectivity index (χ0) is 45.7. The average molecular weight is 911 g/mol. The Morgan fingerprint density at radius 3 is 0.492 bits per heavy atom. The second kappa shape index (κ2) is 22.5. The molecule has 0 fully saturated rings. The van der Waals surface area contributed by atoms with Crippen LogP contribution in [0.2, 0.25) is 0 Å². The zero-order valence-electron chi connectivity index (χ0n) is 41.2. The fourth-order valence-corrected chi connectivity index (χ4v) is 9.99. The first-order valence-electron chi connectivity index (χ1n) is 23.4. The van der Waals surface area contributed by atoms with E-state index in [4.69, 9.17) is 25.3 Å². The summed E-state index contributed by atoms with van der Waals surface area (Å²) in [6, 6.07) is 40.3. The summed E-state index contributed by atoms with van der Waals surface area (Å²) in [5.41, 5.74) is 21.3. The molecule has 0 radical (unpaired) electrons. The molecule has 0 aliphatic carbocycles. The van der Waals surface area contributed by atoms with Crippen LogP contribution in [0.15, 0.2) is 119 Å². The summed E-state index contributed by atoms with van der Waals surface area (Å²) in [7, 11) is 0. The van der Waals surface area contributed by atoms with Gasteiger partial charge in [0.15, 0.2) is 0 Å². The maximum Gasteiger partial charge on any atom is 2.00 e. The van der Waals surface area contributed by atoms with Gasteiger partial charge in [-0.15, -0.1) is 0 Å². The molecule has 0 saturated heterocycles. The molecular formula is C60H74CrS2. The fourth-order valence-electron chi connectivity index (χ4n) is 9.31. The fraction of sp³-hybridized carbons (Fsp3) is 0.400. The Morgan fingerprint density at radius 2 is 0.365 bits per heavy atom. The van der Waals surface area contributed by atoms with E-state index in [1.165, 1.54) is 89.0 Å². The van der Waals surface area contributed by atoms with Gasteiger partial charge in [0, 0.05) is 0 Å². The number of benzene rings is 6. The number of hydrogen-bond donors (Lipinski definition) is 0. The summed E-state index contributed by atoms with van der Waals surface area (Å²) >= 11 is 12.5. The van der Waals surface area contributed by atoms with Crippen molar-refractivity contribution in [3.05, 3.63) is 154 Å². The minimum absolute atomic E-state index is 0. The number of rotatable bonds is 12. The third kappa shape index (κ3) is 11.2. The Balaban J connectivity index is 0.000000272. The minimum atomic E-state index is 0. The predicted octanol–water partition coefficient (Wildman–Crippen LogP) is 18.8. The quantitative estimate of drug-likeness (QED) is 0.112. The van der Waals surface area contributed by atoms with E-state index in [1.807, 2.05) is 0 Å². The molecule has 6 aromatic carbocycles. The Morgan fingerprint density at radius 1 is 0.238 bits per heavy atom. The van der Waals surface area contributed by atoms with E-state index in [2.05, 4.69) is 220 Å². The van der Waals surface area contributed by atoms with Crippen LogP contribution in [0.4, 0.5) is 0 Å². The van der Waals surface area contributed by atoms with Gasteiger partial charge in [-0.3, -0.25) is 0 Å². The van der Waals surface area contributed by atoms with Gasteiger partial charge in [-0.2, -0.15) is 9.79 Å². The van der Waals surface area contributed by atoms with Crippen LogP contribution in [0.1, 0.15) is 203 Å². The molecule has 0 nitrogen and oxygen atoms in total. The molecular weight excluding hydrogens is 837 g/mol. The summed E-state index contributed by atoms with van der Waals surface area (Å²) in [5.74, 6) is 3.56. The van der Waals surface area contributed by atoms with Gasteiger partial charge in [-0.05, 0) is 136 Å². The SMILES string of the molecule is CC(C)c1cccc(C(C)C)c1-c1cccc(-c2c(C(C)C)cccc2C(C)C)c1[S-].CC(C)c1cccc(C(C)C)c1-c1cccc(-c2c(C(C)C)cccc2C(C)C)c1[S-].[Cr+2]. The van der Waals surface area contributed by atoms with Gasteiger partial charge in [-0.25, -0.2) is 0 Å². The Hall–Kier alpha value is -3.71. The third-order valence-electron chi connectivity index (χ3n) is 12.6. The predicted molar refractivity (Wildman–Crippen MR) is 279 cm³/mol. The molecule has 6 rings (SSSR count). The molecule has 0 atom stereocenters. The topological polar surface area (TPSA) is 0 Å². The van der Waals surface area contributed by atoms with Crippen molar-refractivity contribution in [3.63, 3.8) is 0 Å². The Labute approximate surface area is 406 Å². The van der Waals surface area contributed by atoms with Crippen LogP contribution < -0.4 is 0 Å². The van der Waals surface area contributed by atoms with Crippen molar-refractivity contribution in [1.82, 2.24) is 0 Å². The largest absolute Gasteiger partial charge is 2.00 e. The summed E-state index contributed by atoms with van der Waals surface area (Å²) in [4.78, 5) is 1.96. The van der Waals surface area contributed by atoms with Crippen LogP contribution in [-0.4, -0.2) is 0 Å². The molecule has 0 spiro atoms. The molecule has 6 aromatic rings. The van der Waals surface area contributed by atoms with Crippen molar-refractivity contribution in [2.75, 3.05) is 0 Å². The third-order valence-corrected chi connectivity index (χ3v) is 13.5. The van der Waals surface area contributed by atoms with Gasteiger partial charge in [0.05, 0.1) is 0 Å². The van der Waals surface area contributed by atoms with E-state index in [0.717, 1.165) is 9.79 Å². The molecule has 0 aliphatic rings. The smallest absolute Gasteiger partial charge is 0.779 e. The van der Waals surface area contributed by atoms with Gasteiger partial charge in [-0.1, -0.05) is 220 Å². The molecule has 0 bridgehead atoms. The van der Waals surface area contributed by atoms with Gasteiger partial charge in [0.2, 0.25) is 0 Å². The molecule has 332 valence electrons. The zero-order valence-corrected chi connectivity index (χ0v) is 44.1. The van der Waals surface area contributed by atoms with Gasteiger partial charge in [0.25, 0.3) is 0 Å². The van der Waals surface area contributed by atoms with E-state index in [0.29, 0.717) is 47.3 Å². The van der Waals surface area contributed by atoms with Crippen LogP contribution >= 0.6 is 0 Å². The Bertz CT molecular complexity index is 2020. The normalized spacial score (nSPS) is 11.7. The standard InChI is InChI=1S/2C30H38S.Cr/c2*1-18(2)22-12-9-13-23(19(3)4)28(22)26-16-11-17-27(30(26)31)29-24(20(5)6)14-10-15-25(29)21(7)8;/h2*9-21,31H,1-8H3;/q;;+2/p-2. The van der Waals surface area contributed by atoms with Gasteiger partial charge < -0.3 is 25.3 Å². The van der Waals surface area contributed by atoms with Gasteiger partial charge in [0.1, 0.15) is 0 Å². The van der Waals surface area contributed by atoms with E-state index >= 15 is 0 Å². The van der Waals surface area contributed by atoms with Gasteiger partial charge >= 0.3 is 17.4 Å². The van der Waals surface area contributed by atoms with E-state index in [1.54, 1.807) is 0 Å². The van der Waals surface area contributed by atoms with Crippen molar-refractivity contribution in [2.24, 2.45) is 0 Å². The summed E-state index contributed by atoms with van der Waals surface area (Å²) < 4.78 is 0. The summed E-state index contributed by atoms with van der Waals surface area (Å²) in [6.45, 7) is 36.5. The average Bonchev–Trinajstić information content (AvgIpc) is 3.22. The molecule has 0 saturated carbocycles. The van der Waals surface area contributed by atoms with Crippen LogP contribution in [0.3, 0.4) is 0 Å². The van der Waals surface area contributed by atoms with Crippen molar-refractivity contribution in [2.45, 2.75) is 168 Å². The molecule has 0 heterocycles. The van der Waals surface area contributed by atoms with E-state index in [9.17, 15) is 0 Å². The molecule has 0 unspecified atom stereocenters. The van der Waals surface area contributed by atoms with Crippen molar-refractivity contribution < 1.29 is 17.4 Å². The number of hydrogen-bond acceptors (Lipinski definition) is 2. The van der Waals surface area contributed by atoms with Crippen LogP contribution in [-0.2, 0) is 42.6 Å². The molecule has 0 aliphatic heterocycles. The van der Waals surface area contributed by atoms with Crippen molar-refractivity contribution in [3.8, 4) is 44.5 Å². The molecule has 3 heteroatoms. The van der Waals surface area contributed by atoms with E-state index < -0.39 is 0 Å². The summed E-state index contributed by atoms with van der Waals surface area (Å²) in [6.07, 6.45) is 0. The van der Waals surface area contributed by atoms with E-state index in [-0.39, 0.29) is 17.4 Å². The first kappa shape index (κ1) is 51.9. The van der Waals surface area contributed by atoms with Crippen LogP contribution in [0, 0.1) is 0 Å².